The van der Waals surface area contributed by atoms with Crippen LogP contribution < -0.4 is 10.6 Å². The van der Waals surface area contributed by atoms with E-state index in [-0.39, 0.29) is 83.9 Å². The van der Waals surface area contributed by atoms with Gasteiger partial charge in [0.1, 0.15) is 0 Å². The normalized spacial score (nSPS) is 26.6. The van der Waals surface area contributed by atoms with Gasteiger partial charge in [-0.1, -0.05) is 38.5 Å². The molecule has 2 aliphatic heterocycles. The van der Waals surface area contributed by atoms with Crippen molar-refractivity contribution < 1.29 is 19.3 Å². The van der Waals surface area contributed by atoms with Gasteiger partial charge < -0.3 is 10.6 Å². The van der Waals surface area contributed by atoms with Crippen LogP contribution in [0, 0.1) is 22.7 Å². The van der Waals surface area contributed by atoms with Crippen molar-refractivity contribution >= 4 is 11.8 Å². The molecule has 54 heavy (non-hydrogen) atoms. The van der Waals surface area contributed by atoms with E-state index in [4.69, 9.17) is 9.68 Å². The highest BCUT2D eigenvalue weighted by molar-refractivity contribution is 5.77. The summed E-state index contributed by atoms with van der Waals surface area (Å²) in [6, 6.07) is 4.34. The summed E-state index contributed by atoms with van der Waals surface area (Å²) in [5, 5.41) is 39.6. The van der Waals surface area contributed by atoms with Gasteiger partial charge in [0.15, 0.2) is 11.1 Å². The van der Waals surface area contributed by atoms with Crippen molar-refractivity contribution in [1.29, 1.82) is 10.5 Å². The molecule has 0 spiro atoms. The molecule has 0 aromatic rings. The third kappa shape index (κ3) is 11.9. The fourth-order valence-corrected chi connectivity index (χ4v) is 9.73. The van der Waals surface area contributed by atoms with Crippen molar-refractivity contribution in [2.24, 2.45) is 10.2 Å². The van der Waals surface area contributed by atoms with Crippen LogP contribution in [0.2, 0.25) is 0 Å². The van der Waals surface area contributed by atoms with Gasteiger partial charge in [-0.15, -0.1) is 0 Å². The summed E-state index contributed by atoms with van der Waals surface area (Å²) in [6.45, 7) is 20.7. The van der Waals surface area contributed by atoms with Crippen LogP contribution in [0.25, 0.3) is 0 Å². The van der Waals surface area contributed by atoms with E-state index in [9.17, 15) is 20.1 Å². The molecule has 12 nitrogen and oxygen atoms in total. The number of piperidine rings is 2. The molecule has 2 heterocycles. The highest BCUT2D eigenvalue weighted by Gasteiger charge is 2.49. The summed E-state index contributed by atoms with van der Waals surface area (Å²) >= 11 is 0. The molecular formula is C42H72N8O4. The monoisotopic (exact) mass is 753 g/mol. The second-order valence-electron chi connectivity index (χ2n) is 19.9. The van der Waals surface area contributed by atoms with Gasteiger partial charge in [-0.05, 0) is 133 Å². The summed E-state index contributed by atoms with van der Waals surface area (Å²) in [4.78, 5) is 39.7. The number of nitriles is 2. The molecule has 4 rings (SSSR count). The van der Waals surface area contributed by atoms with E-state index in [0.29, 0.717) is 0 Å². The second kappa shape index (κ2) is 17.7. The highest BCUT2D eigenvalue weighted by Crippen LogP contribution is 2.42. The van der Waals surface area contributed by atoms with Crippen LogP contribution >= 0.6 is 0 Å². The van der Waals surface area contributed by atoms with Crippen LogP contribution in [0.4, 0.5) is 0 Å². The van der Waals surface area contributed by atoms with Gasteiger partial charge in [-0.3, -0.25) is 19.3 Å². The minimum Gasteiger partial charge on any atom is -0.353 e. The van der Waals surface area contributed by atoms with Crippen LogP contribution in [0.1, 0.15) is 185 Å². The maximum atomic E-state index is 13.2. The van der Waals surface area contributed by atoms with Crippen molar-refractivity contribution in [1.82, 2.24) is 20.8 Å². The number of carbonyl (C=O) groups excluding carboxylic acids is 2. The second-order valence-corrected chi connectivity index (χ2v) is 19.9. The van der Waals surface area contributed by atoms with E-state index in [1.165, 1.54) is 38.5 Å². The minimum atomic E-state index is -1.29. The average Bonchev–Trinajstić information content (AvgIpc) is 3.09. The Morgan fingerprint density at radius 1 is 0.611 bits per heavy atom. The molecule has 2 unspecified atom stereocenters. The number of carbonyl (C=O) groups is 2. The van der Waals surface area contributed by atoms with E-state index < -0.39 is 11.1 Å². The van der Waals surface area contributed by atoms with Crippen LogP contribution in [0.5, 0.6) is 0 Å². The Hall–Kier alpha value is -2.64. The fourth-order valence-electron chi connectivity index (χ4n) is 9.73. The first-order chi connectivity index (χ1) is 25.1. The first kappa shape index (κ1) is 44.1. The van der Waals surface area contributed by atoms with E-state index in [0.717, 1.165) is 51.4 Å². The maximum Gasteiger partial charge on any atom is 0.220 e. The Balaban J connectivity index is 1.26. The summed E-state index contributed by atoms with van der Waals surface area (Å²) in [5.74, 6) is -0.273. The third-order valence-electron chi connectivity index (χ3n) is 12.2. The lowest BCUT2D eigenvalue weighted by atomic mass is 9.78. The number of amides is 2. The zero-order valence-corrected chi connectivity index (χ0v) is 35.4. The molecule has 0 bridgehead atoms. The Kier molecular flexibility index (Phi) is 14.4. The Bertz CT molecular complexity index is 1260. The molecule has 2 saturated carbocycles. The van der Waals surface area contributed by atoms with Crippen molar-refractivity contribution in [3.63, 3.8) is 0 Å². The van der Waals surface area contributed by atoms with Crippen LogP contribution in [0.15, 0.2) is 10.2 Å². The number of hydroxylamine groups is 4. The molecule has 2 atom stereocenters. The van der Waals surface area contributed by atoms with Gasteiger partial charge in [0.25, 0.3) is 0 Å². The number of hydrogen-bond acceptors (Lipinski definition) is 10. The van der Waals surface area contributed by atoms with Crippen molar-refractivity contribution in [3.05, 3.63) is 0 Å². The van der Waals surface area contributed by atoms with E-state index >= 15 is 0 Å². The van der Waals surface area contributed by atoms with Gasteiger partial charge in [0.05, 0.1) is 24.3 Å². The molecule has 12 heteroatoms. The molecule has 2 N–H and O–H groups in total. The zero-order valence-electron chi connectivity index (χ0n) is 35.4. The SMILES string of the molecule is CC(C#N)(CCC(=O)NC1CC(C)(C)N(OC2CCCCC2)C(C)(C)C1)/N=N/C(C)(C#N)CCC(=O)NC1CC(C)(C)N(OC2CCCCC2)C(C)(C)C1. The van der Waals surface area contributed by atoms with Crippen LogP contribution in [-0.4, -0.2) is 79.5 Å². The van der Waals surface area contributed by atoms with E-state index in [1.54, 1.807) is 13.8 Å². The lowest BCUT2D eigenvalue weighted by molar-refractivity contribution is -0.310. The number of nitrogens with zero attached hydrogens (tertiary/aromatic N) is 6. The number of rotatable bonds is 14. The van der Waals surface area contributed by atoms with Crippen molar-refractivity contribution in [2.45, 2.75) is 242 Å². The molecular weight excluding hydrogens is 681 g/mol. The molecule has 0 radical (unpaired) electrons. The first-order valence-electron chi connectivity index (χ1n) is 20.9. The largest absolute Gasteiger partial charge is 0.353 e. The molecule has 2 aliphatic carbocycles. The summed E-state index contributed by atoms with van der Waals surface area (Å²) in [5.41, 5.74) is -3.65. The van der Waals surface area contributed by atoms with Crippen molar-refractivity contribution in [3.8, 4) is 12.1 Å². The zero-order chi connectivity index (χ0) is 40.0. The predicted octanol–water partition coefficient (Wildman–Crippen LogP) is 8.37. The van der Waals surface area contributed by atoms with Gasteiger partial charge in [-0.25, -0.2) is 0 Å². The number of azo groups is 1. The summed E-state index contributed by atoms with van der Waals surface area (Å²) in [6.07, 6.45) is 15.8. The van der Waals surface area contributed by atoms with Gasteiger partial charge in [0.2, 0.25) is 11.8 Å². The third-order valence-corrected chi connectivity index (χ3v) is 12.2. The Morgan fingerprint density at radius 2 is 0.907 bits per heavy atom. The van der Waals surface area contributed by atoms with Crippen LogP contribution in [0.3, 0.4) is 0 Å². The summed E-state index contributed by atoms with van der Waals surface area (Å²) in [7, 11) is 0. The maximum absolute atomic E-state index is 13.2. The predicted molar refractivity (Wildman–Crippen MR) is 210 cm³/mol. The average molecular weight is 753 g/mol. The molecule has 2 saturated heterocycles. The molecule has 304 valence electrons. The standard InChI is InChI=1S/C42H72N8O4/c1-37(2)25-31(26-38(3,4)49(37)53-33-17-13-11-14-18-33)45-35(51)21-23-41(9,29-43)47-48-42(10,30-44)24-22-36(52)46-32-27-39(5,6)50(40(7,8)28-32)54-34-19-15-12-16-20-34/h31-34H,11-28H2,1-10H3,(H,45,51)(H,46,52)/b48-47+. The van der Waals surface area contributed by atoms with Gasteiger partial charge >= 0.3 is 0 Å². The van der Waals surface area contributed by atoms with E-state index in [1.807, 2.05) is 0 Å². The smallest absolute Gasteiger partial charge is 0.220 e. The van der Waals surface area contributed by atoms with Crippen molar-refractivity contribution in [2.75, 3.05) is 0 Å². The quantitative estimate of drug-likeness (QED) is 0.168. The van der Waals surface area contributed by atoms with Gasteiger partial charge in [-0.2, -0.15) is 30.9 Å². The van der Waals surface area contributed by atoms with Crippen LogP contribution in [-0.2, 0) is 19.3 Å². The fraction of sp³-hybridized carbons (Fsp3) is 0.905. The minimum absolute atomic E-state index is 0.0312. The lowest BCUT2D eigenvalue weighted by Gasteiger charge is -2.55. The highest BCUT2D eigenvalue weighted by atomic mass is 16.7. The summed E-state index contributed by atoms with van der Waals surface area (Å²) < 4.78 is 0. The number of nitrogens with one attached hydrogen (secondary N) is 2. The topological polar surface area (TPSA) is 155 Å². The Labute approximate surface area is 326 Å². The molecule has 2 amide bonds. The van der Waals surface area contributed by atoms with Gasteiger partial charge in [0, 0.05) is 47.1 Å². The molecule has 4 aliphatic rings. The Morgan fingerprint density at radius 3 is 1.19 bits per heavy atom. The van der Waals surface area contributed by atoms with E-state index in [2.05, 4.69) is 98.5 Å². The number of hydrogen-bond donors (Lipinski definition) is 2. The molecule has 0 aromatic heterocycles. The lowest BCUT2D eigenvalue weighted by Crippen LogP contribution is -2.64. The molecule has 4 fully saturated rings. The molecule has 0 aromatic carbocycles. The first-order valence-corrected chi connectivity index (χ1v) is 20.9.